The zero-order valence-corrected chi connectivity index (χ0v) is 31.7. The predicted octanol–water partition coefficient (Wildman–Crippen LogP) is 13.1. The molecule has 57 heavy (non-hydrogen) atoms. The molecule has 0 saturated heterocycles. The Balaban J connectivity index is 1.18. The molecule has 10 aromatic rings. The highest BCUT2D eigenvalue weighted by atomic mass is 15.1. The fourth-order valence-electron chi connectivity index (χ4n) is 10.3. The number of aromatic nitrogens is 3. The van der Waals surface area contributed by atoms with E-state index in [9.17, 15) is 0 Å². The molecular formula is C54H37N3. The van der Waals surface area contributed by atoms with Gasteiger partial charge in [0.1, 0.15) is 5.82 Å². The first-order valence-electron chi connectivity index (χ1n) is 19.8. The quantitative estimate of drug-likeness (QED) is 0.181. The van der Waals surface area contributed by atoms with Gasteiger partial charge in [0.25, 0.3) is 0 Å². The van der Waals surface area contributed by atoms with Crippen LogP contribution in [-0.4, -0.2) is 14.5 Å². The molecule has 0 bridgehead atoms. The van der Waals surface area contributed by atoms with Crippen molar-refractivity contribution in [3.05, 3.63) is 222 Å². The monoisotopic (exact) mass is 727 g/mol. The molecule has 2 aliphatic carbocycles. The van der Waals surface area contributed by atoms with Gasteiger partial charge in [0.15, 0.2) is 5.82 Å². The first-order valence-corrected chi connectivity index (χ1v) is 19.8. The minimum atomic E-state index is -0.520. The molecule has 0 aliphatic heterocycles. The maximum atomic E-state index is 5.72. The third-order valence-corrected chi connectivity index (χ3v) is 12.8. The van der Waals surface area contributed by atoms with E-state index in [2.05, 4.69) is 206 Å². The summed E-state index contributed by atoms with van der Waals surface area (Å²) in [4.78, 5) is 11.3. The van der Waals surface area contributed by atoms with Gasteiger partial charge in [-0.2, -0.15) is 0 Å². The predicted molar refractivity (Wildman–Crippen MR) is 234 cm³/mol. The Morgan fingerprint density at radius 1 is 0.439 bits per heavy atom. The molecular weight excluding hydrogens is 691 g/mol. The molecule has 0 unspecified atom stereocenters. The molecule has 0 amide bonds. The van der Waals surface area contributed by atoms with Gasteiger partial charge in [-0.3, -0.25) is 4.57 Å². The molecule has 268 valence electrons. The van der Waals surface area contributed by atoms with Crippen LogP contribution in [0.1, 0.15) is 47.4 Å². The Bertz CT molecular complexity index is 3220. The second-order valence-electron chi connectivity index (χ2n) is 16.1. The molecule has 2 aliphatic rings. The standard InChI is InChI=1S/C54H37N3/c1-53(2)44-26-14-12-25-42(44)49-50(53)55-51(56-52(49)57-47-28-16-13-24-41(47)43-31-34-17-9-10-18-35(34)33-48(43)57)36-29-30-40-39-23-11-15-27-45(39)54(46(40)32-36,37-19-5-3-6-20-37)38-21-7-4-8-22-38/h3-33H,1-2H3. The summed E-state index contributed by atoms with van der Waals surface area (Å²) in [5, 5.41) is 4.86. The number of hydrogen-bond acceptors (Lipinski definition) is 2. The van der Waals surface area contributed by atoms with E-state index in [0.29, 0.717) is 0 Å². The van der Waals surface area contributed by atoms with E-state index in [-0.39, 0.29) is 5.41 Å². The van der Waals surface area contributed by atoms with Crippen LogP contribution >= 0.6 is 0 Å². The Labute approximate surface area is 331 Å². The third kappa shape index (κ3) is 4.31. The number of fused-ring (bicyclic) bond motifs is 10. The topological polar surface area (TPSA) is 30.7 Å². The minimum Gasteiger partial charge on any atom is -0.293 e. The number of benzene rings is 8. The highest BCUT2D eigenvalue weighted by Gasteiger charge is 2.46. The Hall–Kier alpha value is -7.10. The van der Waals surface area contributed by atoms with Crippen molar-refractivity contribution in [2.24, 2.45) is 0 Å². The number of nitrogens with zero attached hydrogens (tertiary/aromatic N) is 3. The lowest BCUT2D eigenvalue weighted by Gasteiger charge is -2.34. The van der Waals surface area contributed by atoms with Gasteiger partial charge < -0.3 is 0 Å². The Morgan fingerprint density at radius 3 is 1.79 bits per heavy atom. The van der Waals surface area contributed by atoms with Crippen molar-refractivity contribution in [1.29, 1.82) is 0 Å². The summed E-state index contributed by atoms with van der Waals surface area (Å²) in [5.41, 5.74) is 14.6. The van der Waals surface area contributed by atoms with Gasteiger partial charge in [-0.25, -0.2) is 9.97 Å². The van der Waals surface area contributed by atoms with Gasteiger partial charge in [0, 0.05) is 27.3 Å². The fourth-order valence-corrected chi connectivity index (χ4v) is 10.3. The average Bonchev–Trinajstić information content (AvgIpc) is 3.84. The van der Waals surface area contributed by atoms with Crippen LogP contribution < -0.4 is 0 Å². The zero-order valence-electron chi connectivity index (χ0n) is 31.7. The van der Waals surface area contributed by atoms with Gasteiger partial charge in [-0.05, 0) is 79.5 Å². The van der Waals surface area contributed by atoms with Crippen molar-refractivity contribution in [2.75, 3.05) is 0 Å². The lowest BCUT2D eigenvalue weighted by Crippen LogP contribution is -2.28. The van der Waals surface area contributed by atoms with E-state index in [4.69, 9.17) is 9.97 Å². The summed E-state index contributed by atoms with van der Waals surface area (Å²) in [6, 6.07) is 68.7. The van der Waals surface area contributed by atoms with Gasteiger partial charge in [0.05, 0.1) is 22.1 Å². The molecule has 12 rings (SSSR count). The van der Waals surface area contributed by atoms with E-state index in [1.165, 1.54) is 66.1 Å². The van der Waals surface area contributed by atoms with Gasteiger partial charge in [0.2, 0.25) is 0 Å². The van der Waals surface area contributed by atoms with Crippen LogP contribution in [0, 0.1) is 0 Å². The number of rotatable bonds is 4. The summed E-state index contributed by atoms with van der Waals surface area (Å²) in [5.74, 6) is 1.64. The van der Waals surface area contributed by atoms with Crippen LogP contribution in [0.5, 0.6) is 0 Å². The van der Waals surface area contributed by atoms with Crippen LogP contribution in [0.3, 0.4) is 0 Å². The van der Waals surface area contributed by atoms with Crippen LogP contribution in [0.15, 0.2) is 188 Å². The Morgan fingerprint density at radius 2 is 1.04 bits per heavy atom. The largest absolute Gasteiger partial charge is 0.293 e. The first-order chi connectivity index (χ1) is 28.0. The molecule has 0 fully saturated rings. The molecule has 0 spiro atoms. The molecule has 2 heterocycles. The van der Waals surface area contributed by atoms with Crippen molar-refractivity contribution in [3.8, 4) is 39.5 Å². The Kier molecular flexibility index (Phi) is 6.61. The lowest BCUT2D eigenvalue weighted by molar-refractivity contribution is 0.635. The molecule has 0 atom stereocenters. The number of para-hydroxylation sites is 1. The van der Waals surface area contributed by atoms with Crippen molar-refractivity contribution in [1.82, 2.24) is 14.5 Å². The molecule has 0 saturated carbocycles. The van der Waals surface area contributed by atoms with Crippen LogP contribution in [0.2, 0.25) is 0 Å². The second-order valence-corrected chi connectivity index (χ2v) is 16.1. The molecule has 0 N–H and O–H groups in total. The average molecular weight is 728 g/mol. The van der Waals surface area contributed by atoms with Crippen molar-refractivity contribution in [2.45, 2.75) is 24.7 Å². The number of hydrogen-bond donors (Lipinski definition) is 0. The maximum absolute atomic E-state index is 5.72. The summed E-state index contributed by atoms with van der Waals surface area (Å²) >= 11 is 0. The van der Waals surface area contributed by atoms with E-state index in [1.807, 2.05) is 0 Å². The van der Waals surface area contributed by atoms with E-state index < -0.39 is 5.41 Å². The molecule has 3 heteroatoms. The van der Waals surface area contributed by atoms with E-state index in [1.54, 1.807) is 0 Å². The van der Waals surface area contributed by atoms with E-state index in [0.717, 1.165) is 39.5 Å². The summed E-state index contributed by atoms with van der Waals surface area (Å²) < 4.78 is 2.40. The van der Waals surface area contributed by atoms with Crippen LogP contribution in [0.25, 0.3) is 72.0 Å². The summed E-state index contributed by atoms with van der Waals surface area (Å²) in [7, 11) is 0. The molecule has 8 aromatic carbocycles. The van der Waals surface area contributed by atoms with Crippen molar-refractivity contribution >= 4 is 32.6 Å². The zero-order chi connectivity index (χ0) is 37.9. The minimum absolute atomic E-state index is 0.339. The highest BCUT2D eigenvalue weighted by molar-refractivity contribution is 6.14. The van der Waals surface area contributed by atoms with Gasteiger partial charge in [-0.1, -0.05) is 178 Å². The lowest BCUT2D eigenvalue weighted by atomic mass is 9.67. The molecule has 0 radical (unpaired) electrons. The van der Waals surface area contributed by atoms with Crippen molar-refractivity contribution < 1.29 is 0 Å². The summed E-state index contributed by atoms with van der Waals surface area (Å²) in [6.45, 7) is 4.62. The summed E-state index contributed by atoms with van der Waals surface area (Å²) in [6.07, 6.45) is 0. The SMILES string of the molecule is CC1(C)c2ccccc2-c2c(-n3c4ccccc4c4cc5ccccc5cc43)nc(-c3ccc4c(c3)C(c3ccccc3)(c3ccccc3)c3ccccc3-4)nc21. The smallest absolute Gasteiger partial charge is 0.161 e. The van der Waals surface area contributed by atoms with Crippen LogP contribution in [-0.2, 0) is 10.8 Å². The van der Waals surface area contributed by atoms with Crippen LogP contribution in [0.4, 0.5) is 0 Å². The van der Waals surface area contributed by atoms with Gasteiger partial charge in [-0.15, -0.1) is 0 Å². The first kappa shape index (κ1) is 32.2. The fraction of sp³-hybridized carbons (Fsp3) is 0.0741. The highest BCUT2D eigenvalue weighted by Crippen LogP contribution is 2.57. The van der Waals surface area contributed by atoms with Crippen molar-refractivity contribution in [3.63, 3.8) is 0 Å². The maximum Gasteiger partial charge on any atom is 0.161 e. The second kappa shape index (κ2) is 11.7. The normalized spacial score (nSPS) is 14.4. The van der Waals surface area contributed by atoms with Gasteiger partial charge >= 0.3 is 0 Å². The third-order valence-electron chi connectivity index (χ3n) is 12.8. The molecule has 3 nitrogen and oxygen atoms in total. The van der Waals surface area contributed by atoms with E-state index >= 15 is 0 Å². The molecule has 2 aromatic heterocycles.